The van der Waals surface area contributed by atoms with Crippen LogP contribution < -0.4 is 5.32 Å². The van der Waals surface area contributed by atoms with Crippen molar-refractivity contribution in [3.63, 3.8) is 0 Å². The Morgan fingerprint density at radius 2 is 2.12 bits per heavy atom. The number of halogens is 1. The van der Waals surface area contributed by atoms with Crippen molar-refractivity contribution >= 4 is 11.8 Å². The average molecular weight is 356 g/mol. The van der Waals surface area contributed by atoms with Crippen molar-refractivity contribution in [1.82, 2.24) is 20.2 Å². The minimum Gasteiger partial charge on any atom is -0.354 e. The highest BCUT2D eigenvalue weighted by molar-refractivity contribution is 5.94. The number of hydrogen-bond acceptors (Lipinski definition) is 4. The van der Waals surface area contributed by atoms with E-state index in [1.165, 1.54) is 18.5 Å². The molecule has 26 heavy (non-hydrogen) atoms. The van der Waals surface area contributed by atoms with Crippen molar-refractivity contribution in [2.75, 3.05) is 20.1 Å². The summed E-state index contributed by atoms with van der Waals surface area (Å²) in [4.78, 5) is 34.2. The predicted molar refractivity (Wildman–Crippen MR) is 94.2 cm³/mol. The van der Waals surface area contributed by atoms with Crippen molar-refractivity contribution in [1.29, 1.82) is 0 Å². The van der Waals surface area contributed by atoms with E-state index in [0.717, 1.165) is 18.5 Å². The maximum atomic E-state index is 13.9. The summed E-state index contributed by atoms with van der Waals surface area (Å²) in [5.41, 5.74) is 1.20. The number of nitrogens with one attached hydrogen (secondary N) is 1. The molecule has 0 aliphatic carbocycles. The van der Waals surface area contributed by atoms with Crippen molar-refractivity contribution in [3.05, 3.63) is 59.4 Å². The molecule has 1 atom stereocenters. The molecule has 7 heteroatoms. The van der Waals surface area contributed by atoms with Crippen LogP contribution in [0.15, 0.2) is 36.7 Å². The molecule has 1 aliphatic rings. The zero-order chi connectivity index (χ0) is 18.5. The van der Waals surface area contributed by atoms with Gasteiger partial charge in [-0.15, -0.1) is 0 Å². The van der Waals surface area contributed by atoms with Crippen LogP contribution in [0.25, 0.3) is 0 Å². The largest absolute Gasteiger partial charge is 0.354 e. The highest BCUT2D eigenvalue weighted by Gasteiger charge is 2.26. The van der Waals surface area contributed by atoms with Crippen molar-refractivity contribution < 1.29 is 14.0 Å². The summed E-state index contributed by atoms with van der Waals surface area (Å²) in [5, 5.41) is 2.54. The Balaban J connectivity index is 1.68. The van der Waals surface area contributed by atoms with Gasteiger partial charge in [-0.2, -0.15) is 0 Å². The van der Waals surface area contributed by atoms with Gasteiger partial charge in [-0.25, -0.2) is 14.4 Å². The van der Waals surface area contributed by atoms with Crippen LogP contribution in [0.3, 0.4) is 0 Å². The molecule has 2 amide bonds. The van der Waals surface area contributed by atoms with E-state index in [9.17, 15) is 14.0 Å². The molecule has 2 heterocycles. The van der Waals surface area contributed by atoms with Gasteiger partial charge < -0.3 is 10.2 Å². The zero-order valence-corrected chi connectivity index (χ0v) is 14.6. The van der Waals surface area contributed by atoms with E-state index in [4.69, 9.17) is 0 Å². The molecule has 1 fully saturated rings. The Morgan fingerprint density at radius 3 is 2.88 bits per heavy atom. The Kier molecular flexibility index (Phi) is 5.55. The van der Waals surface area contributed by atoms with Gasteiger partial charge in [0.15, 0.2) is 0 Å². The van der Waals surface area contributed by atoms with Crippen LogP contribution in [-0.2, 0) is 6.42 Å². The van der Waals surface area contributed by atoms with Crippen LogP contribution in [-0.4, -0.2) is 46.8 Å². The first-order valence-electron chi connectivity index (χ1n) is 8.65. The molecule has 2 aromatic rings. The molecule has 0 radical (unpaired) electrons. The highest BCUT2D eigenvalue weighted by atomic mass is 19.1. The van der Waals surface area contributed by atoms with Crippen LogP contribution in [0.2, 0.25) is 0 Å². The fourth-order valence-electron chi connectivity index (χ4n) is 3.28. The van der Waals surface area contributed by atoms with Crippen molar-refractivity contribution in [2.24, 2.45) is 5.92 Å². The number of likely N-dealkylation sites (tertiary alicyclic amines) is 1. The molecule has 0 unspecified atom stereocenters. The number of benzene rings is 1. The predicted octanol–water partition coefficient (Wildman–Crippen LogP) is 2.07. The van der Waals surface area contributed by atoms with Gasteiger partial charge in [0.25, 0.3) is 11.8 Å². The standard InChI is InChI=1S/C19H21FN4O2/c1-21-18(25)17-10-14(22-12-23-17)9-13-5-4-8-24(11-13)19(26)15-6-2-3-7-16(15)20/h2-3,6-7,10,12-13H,4-5,8-9,11H2,1H3,(H,21,25)/t13-/m1/s1. The first kappa shape index (κ1) is 18.0. The SMILES string of the molecule is CNC(=O)c1cc(C[C@H]2CCCN(C(=O)c3ccccc3F)C2)ncn1. The fourth-order valence-corrected chi connectivity index (χ4v) is 3.28. The maximum Gasteiger partial charge on any atom is 0.269 e. The Labute approximate surface area is 151 Å². The lowest BCUT2D eigenvalue weighted by Gasteiger charge is -2.32. The number of aromatic nitrogens is 2. The van der Waals surface area contributed by atoms with E-state index in [1.807, 2.05) is 0 Å². The van der Waals surface area contributed by atoms with Gasteiger partial charge in [0.05, 0.1) is 5.56 Å². The van der Waals surface area contributed by atoms with E-state index in [-0.39, 0.29) is 23.3 Å². The van der Waals surface area contributed by atoms with E-state index in [2.05, 4.69) is 15.3 Å². The quantitative estimate of drug-likeness (QED) is 0.910. The molecular weight excluding hydrogens is 335 g/mol. The number of carbonyl (C=O) groups excluding carboxylic acids is 2. The van der Waals surface area contributed by atoms with Gasteiger partial charge in [0.2, 0.25) is 0 Å². The van der Waals surface area contributed by atoms with E-state index < -0.39 is 5.82 Å². The average Bonchev–Trinajstić information content (AvgIpc) is 2.67. The van der Waals surface area contributed by atoms with Crippen LogP contribution in [0.4, 0.5) is 4.39 Å². The molecule has 1 aliphatic heterocycles. The normalized spacial score (nSPS) is 17.0. The van der Waals surface area contributed by atoms with Crippen molar-refractivity contribution in [2.45, 2.75) is 19.3 Å². The van der Waals surface area contributed by atoms with E-state index >= 15 is 0 Å². The van der Waals surface area contributed by atoms with Gasteiger partial charge in [0, 0.05) is 25.8 Å². The molecule has 0 bridgehead atoms. The van der Waals surface area contributed by atoms with Gasteiger partial charge in [-0.1, -0.05) is 12.1 Å². The minimum atomic E-state index is -0.495. The molecule has 0 spiro atoms. The molecule has 1 saturated heterocycles. The van der Waals surface area contributed by atoms with Gasteiger partial charge in [-0.3, -0.25) is 9.59 Å². The fraction of sp³-hybridized carbons (Fsp3) is 0.368. The Bertz CT molecular complexity index is 812. The summed E-state index contributed by atoms with van der Waals surface area (Å²) >= 11 is 0. The lowest BCUT2D eigenvalue weighted by atomic mass is 9.92. The smallest absolute Gasteiger partial charge is 0.269 e. The molecule has 3 rings (SSSR count). The first-order chi connectivity index (χ1) is 12.6. The molecule has 136 valence electrons. The monoisotopic (exact) mass is 356 g/mol. The van der Waals surface area contributed by atoms with E-state index in [1.54, 1.807) is 30.1 Å². The van der Waals surface area contributed by atoms with Crippen LogP contribution in [0.1, 0.15) is 39.4 Å². The van der Waals surface area contributed by atoms with Crippen molar-refractivity contribution in [3.8, 4) is 0 Å². The van der Waals surface area contributed by atoms with Gasteiger partial charge >= 0.3 is 0 Å². The summed E-state index contributed by atoms with van der Waals surface area (Å²) in [6.07, 6.45) is 3.84. The van der Waals surface area contributed by atoms with Gasteiger partial charge in [-0.05, 0) is 43.4 Å². The molecule has 1 aromatic heterocycles. The minimum absolute atomic E-state index is 0.108. The number of hydrogen-bond donors (Lipinski definition) is 1. The number of rotatable bonds is 4. The lowest BCUT2D eigenvalue weighted by molar-refractivity contribution is 0.0668. The van der Waals surface area contributed by atoms with Crippen LogP contribution in [0.5, 0.6) is 0 Å². The topological polar surface area (TPSA) is 75.2 Å². The van der Waals surface area contributed by atoms with Crippen LogP contribution >= 0.6 is 0 Å². The summed E-state index contributed by atoms with van der Waals surface area (Å²) in [7, 11) is 1.55. The van der Waals surface area contributed by atoms with E-state index in [0.29, 0.717) is 25.2 Å². The van der Waals surface area contributed by atoms with Gasteiger partial charge in [0.1, 0.15) is 17.8 Å². The second-order valence-electron chi connectivity index (χ2n) is 6.42. The first-order valence-corrected chi connectivity index (χ1v) is 8.65. The lowest BCUT2D eigenvalue weighted by Crippen LogP contribution is -2.41. The molecule has 6 nitrogen and oxygen atoms in total. The zero-order valence-electron chi connectivity index (χ0n) is 14.6. The molecular formula is C19H21FN4O2. The third-order valence-corrected chi connectivity index (χ3v) is 4.59. The molecule has 1 aromatic carbocycles. The Morgan fingerprint density at radius 1 is 1.31 bits per heavy atom. The summed E-state index contributed by atoms with van der Waals surface area (Å²) in [5.74, 6) is -0.812. The Hall–Kier alpha value is -2.83. The molecule has 1 N–H and O–H groups in total. The third kappa shape index (κ3) is 4.04. The second-order valence-corrected chi connectivity index (χ2v) is 6.42. The number of carbonyl (C=O) groups is 2. The highest BCUT2D eigenvalue weighted by Crippen LogP contribution is 2.22. The number of piperidine rings is 1. The second kappa shape index (κ2) is 8.03. The number of nitrogens with zero attached hydrogens (tertiary/aromatic N) is 3. The maximum absolute atomic E-state index is 13.9. The summed E-state index contributed by atoms with van der Waals surface area (Å²) in [6.45, 7) is 1.17. The third-order valence-electron chi connectivity index (χ3n) is 4.59. The number of amides is 2. The summed E-state index contributed by atoms with van der Waals surface area (Å²) < 4.78 is 13.9. The van der Waals surface area contributed by atoms with Crippen LogP contribution in [0, 0.1) is 11.7 Å². The summed E-state index contributed by atoms with van der Waals surface area (Å²) in [6, 6.07) is 7.73. The molecule has 0 saturated carbocycles.